The molecule has 7 nitrogen and oxygen atoms in total. The number of rotatable bonds is 5. The maximum absolute atomic E-state index is 13.5. The number of carbonyl (C=O) groups is 1. The second-order valence-electron chi connectivity index (χ2n) is 9.38. The molecule has 0 radical (unpaired) electrons. The van der Waals surface area contributed by atoms with Gasteiger partial charge in [-0.25, -0.2) is 4.98 Å². The first kappa shape index (κ1) is 22.3. The second kappa shape index (κ2) is 9.41. The lowest BCUT2D eigenvalue weighted by atomic mass is 9.79. The Bertz CT molecular complexity index is 1120. The molecule has 1 saturated heterocycles. The van der Waals surface area contributed by atoms with E-state index in [0.29, 0.717) is 29.0 Å². The number of fused-ring (bicyclic) bond motifs is 1. The Morgan fingerprint density at radius 1 is 1.27 bits per heavy atom. The summed E-state index contributed by atoms with van der Waals surface area (Å²) in [6, 6.07) is 6.14. The Labute approximate surface area is 199 Å². The number of halogens is 1. The normalized spacial score (nSPS) is 21.2. The number of hydrogen-bond acceptors (Lipinski definition) is 5. The van der Waals surface area contributed by atoms with Gasteiger partial charge in [0, 0.05) is 61.7 Å². The summed E-state index contributed by atoms with van der Waals surface area (Å²) in [5.41, 5.74) is 1.44. The monoisotopic (exact) mass is 466 g/mol. The van der Waals surface area contributed by atoms with Crippen LogP contribution >= 0.6 is 11.6 Å². The first-order valence-electron chi connectivity index (χ1n) is 11.9. The number of benzene rings is 1. The quantitative estimate of drug-likeness (QED) is 0.598. The Morgan fingerprint density at radius 3 is 2.88 bits per heavy atom. The molecule has 5 rings (SSSR count). The number of carbonyl (C=O) groups excluding carboxylic acids is 1. The van der Waals surface area contributed by atoms with E-state index in [-0.39, 0.29) is 11.4 Å². The van der Waals surface area contributed by atoms with Gasteiger partial charge in [0.05, 0.1) is 22.3 Å². The Kier molecular flexibility index (Phi) is 6.36. The lowest BCUT2D eigenvalue weighted by molar-refractivity contribution is 0.0273. The van der Waals surface area contributed by atoms with E-state index >= 15 is 0 Å². The number of nitrogens with zero attached hydrogens (tertiary/aromatic N) is 4. The van der Waals surface area contributed by atoms with Gasteiger partial charge in [0.2, 0.25) is 0 Å². The first-order valence-corrected chi connectivity index (χ1v) is 12.3. The molecule has 2 N–H and O–H groups in total. The third-order valence-electron chi connectivity index (χ3n) is 7.22. The van der Waals surface area contributed by atoms with E-state index in [1.165, 1.54) is 19.3 Å². The van der Waals surface area contributed by atoms with Gasteiger partial charge in [0.25, 0.3) is 5.91 Å². The fraction of sp³-hybridized carbons (Fsp3) is 0.480. The molecule has 1 amide bonds. The van der Waals surface area contributed by atoms with E-state index < -0.39 is 0 Å². The third-order valence-corrected chi connectivity index (χ3v) is 7.54. The fourth-order valence-corrected chi connectivity index (χ4v) is 5.81. The minimum atomic E-state index is -0.0936. The van der Waals surface area contributed by atoms with E-state index in [1.54, 1.807) is 18.6 Å². The van der Waals surface area contributed by atoms with Crippen LogP contribution in [0.15, 0.2) is 43.0 Å². The van der Waals surface area contributed by atoms with Gasteiger partial charge < -0.3 is 10.6 Å². The van der Waals surface area contributed by atoms with E-state index in [1.807, 2.05) is 29.0 Å². The van der Waals surface area contributed by atoms with Crippen LogP contribution in [0.5, 0.6) is 0 Å². The van der Waals surface area contributed by atoms with Crippen molar-refractivity contribution < 1.29 is 4.79 Å². The van der Waals surface area contributed by atoms with Crippen LogP contribution in [-0.4, -0.2) is 63.1 Å². The highest BCUT2D eigenvalue weighted by atomic mass is 35.5. The van der Waals surface area contributed by atoms with E-state index in [2.05, 4.69) is 32.4 Å². The van der Waals surface area contributed by atoms with Gasteiger partial charge in [-0.15, -0.1) is 0 Å². The highest BCUT2D eigenvalue weighted by Crippen LogP contribution is 2.35. The summed E-state index contributed by atoms with van der Waals surface area (Å²) < 4.78 is 1.89. The molecule has 1 aliphatic heterocycles. The molecule has 1 aromatic carbocycles. The molecule has 1 aliphatic carbocycles. The summed E-state index contributed by atoms with van der Waals surface area (Å²) in [4.78, 5) is 24.7. The van der Waals surface area contributed by atoms with Crippen LogP contribution < -0.4 is 10.6 Å². The molecular weight excluding hydrogens is 436 g/mol. The van der Waals surface area contributed by atoms with Crippen LogP contribution in [0.3, 0.4) is 0 Å². The maximum atomic E-state index is 13.5. The molecule has 174 valence electrons. The van der Waals surface area contributed by atoms with Crippen LogP contribution in [0, 0.1) is 0 Å². The molecule has 2 fully saturated rings. The molecule has 0 unspecified atom stereocenters. The molecule has 1 atom stereocenters. The number of piperazine rings is 1. The lowest BCUT2D eigenvalue weighted by Gasteiger charge is -2.49. The van der Waals surface area contributed by atoms with Crippen molar-refractivity contribution >= 4 is 28.4 Å². The van der Waals surface area contributed by atoms with Gasteiger partial charge in [-0.1, -0.05) is 36.9 Å². The molecule has 2 aliphatic rings. The van der Waals surface area contributed by atoms with Crippen molar-refractivity contribution in [2.24, 2.45) is 0 Å². The van der Waals surface area contributed by atoms with Crippen molar-refractivity contribution in [3.05, 3.63) is 53.6 Å². The molecule has 33 heavy (non-hydrogen) atoms. The molecule has 0 spiro atoms. The predicted octanol–water partition coefficient (Wildman–Crippen LogP) is 3.80. The zero-order chi connectivity index (χ0) is 22.8. The van der Waals surface area contributed by atoms with Gasteiger partial charge >= 0.3 is 0 Å². The average Bonchev–Trinajstić information content (AvgIpc) is 3.25. The molecule has 0 bridgehead atoms. The van der Waals surface area contributed by atoms with Gasteiger partial charge in [-0.3, -0.25) is 19.2 Å². The SMILES string of the molecule is C[C@H]1CN(C2(CNC(=O)c3cn(-c4cnccn4)c4cccc(Cl)c34)CCCCC2)CCN1. The summed E-state index contributed by atoms with van der Waals surface area (Å²) in [6.07, 6.45) is 12.8. The molecule has 1 saturated carbocycles. The topological polar surface area (TPSA) is 75.1 Å². The average molecular weight is 467 g/mol. The third kappa shape index (κ3) is 4.37. The zero-order valence-electron chi connectivity index (χ0n) is 19.1. The van der Waals surface area contributed by atoms with Crippen molar-refractivity contribution in [2.75, 3.05) is 26.2 Å². The molecule has 3 aromatic rings. The summed E-state index contributed by atoms with van der Waals surface area (Å²) in [6.45, 7) is 5.94. The molecule has 3 heterocycles. The van der Waals surface area contributed by atoms with Crippen LogP contribution in [-0.2, 0) is 0 Å². The minimum absolute atomic E-state index is 0.0251. The maximum Gasteiger partial charge on any atom is 0.253 e. The second-order valence-corrected chi connectivity index (χ2v) is 9.79. The van der Waals surface area contributed by atoms with Crippen LogP contribution in [0.2, 0.25) is 5.02 Å². The minimum Gasteiger partial charge on any atom is -0.350 e. The number of hydrogen-bond donors (Lipinski definition) is 2. The van der Waals surface area contributed by atoms with Gasteiger partial charge in [-0.2, -0.15) is 0 Å². The van der Waals surface area contributed by atoms with Crippen molar-refractivity contribution in [2.45, 2.75) is 50.6 Å². The van der Waals surface area contributed by atoms with Crippen LogP contribution in [0.1, 0.15) is 49.4 Å². The molecule has 8 heteroatoms. The van der Waals surface area contributed by atoms with Gasteiger partial charge in [-0.05, 0) is 31.9 Å². The van der Waals surface area contributed by atoms with Crippen molar-refractivity contribution in [1.82, 2.24) is 30.1 Å². The van der Waals surface area contributed by atoms with Crippen LogP contribution in [0.4, 0.5) is 0 Å². The highest BCUT2D eigenvalue weighted by Gasteiger charge is 2.39. The van der Waals surface area contributed by atoms with E-state index in [0.717, 1.165) is 43.4 Å². The predicted molar refractivity (Wildman–Crippen MR) is 131 cm³/mol. The number of aromatic nitrogens is 3. The molecule has 2 aromatic heterocycles. The van der Waals surface area contributed by atoms with Crippen LogP contribution in [0.25, 0.3) is 16.7 Å². The summed E-state index contributed by atoms with van der Waals surface area (Å²) in [7, 11) is 0. The standard InChI is InChI=1S/C25H31ClN6O/c1-18-15-31(13-12-28-18)25(8-3-2-4-9-25)17-30-24(33)19-16-32(22-14-27-10-11-29-22)21-7-5-6-20(26)23(19)21/h5-7,10-11,14,16,18,28H,2-4,8-9,12-13,15,17H2,1H3,(H,30,33)/t18-/m0/s1. The summed E-state index contributed by atoms with van der Waals surface area (Å²) in [5.74, 6) is 0.561. The number of amides is 1. The Morgan fingerprint density at radius 2 is 2.12 bits per heavy atom. The summed E-state index contributed by atoms with van der Waals surface area (Å²) >= 11 is 6.58. The Balaban J connectivity index is 1.44. The highest BCUT2D eigenvalue weighted by molar-refractivity contribution is 6.37. The van der Waals surface area contributed by atoms with Crippen molar-refractivity contribution in [3.8, 4) is 5.82 Å². The van der Waals surface area contributed by atoms with E-state index in [9.17, 15) is 4.79 Å². The number of nitrogens with one attached hydrogen (secondary N) is 2. The largest absolute Gasteiger partial charge is 0.350 e. The Hall–Kier alpha value is -2.48. The first-order chi connectivity index (χ1) is 16.1. The van der Waals surface area contributed by atoms with Gasteiger partial charge in [0.15, 0.2) is 5.82 Å². The lowest BCUT2D eigenvalue weighted by Crippen LogP contribution is -2.63. The zero-order valence-corrected chi connectivity index (χ0v) is 19.8. The van der Waals surface area contributed by atoms with Gasteiger partial charge in [0.1, 0.15) is 0 Å². The fourth-order valence-electron chi connectivity index (χ4n) is 5.54. The van der Waals surface area contributed by atoms with Crippen molar-refractivity contribution in [3.63, 3.8) is 0 Å². The smallest absolute Gasteiger partial charge is 0.253 e. The van der Waals surface area contributed by atoms with E-state index in [4.69, 9.17) is 11.6 Å². The molecular formula is C25H31ClN6O. The summed E-state index contributed by atoms with van der Waals surface area (Å²) in [5, 5.41) is 8.15. The van der Waals surface area contributed by atoms with Crippen molar-refractivity contribution in [1.29, 1.82) is 0 Å².